The van der Waals surface area contributed by atoms with Crippen molar-refractivity contribution in [1.82, 2.24) is 4.31 Å². The van der Waals surface area contributed by atoms with Crippen molar-refractivity contribution >= 4 is 38.7 Å². The van der Waals surface area contributed by atoms with E-state index in [2.05, 4.69) is 5.32 Å². The van der Waals surface area contributed by atoms with Crippen LogP contribution in [-0.4, -0.2) is 44.5 Å². The van der Waals surface area contributed by atoms with Gasteiger partial charge in [0.25, 0.3) is 0 Å². The van der Waals surface area contributed by atoms with Crippen LogP contribution in [0.3, 0.4) is 0 Å². The molecule has 1 N–H and O–H groups in total. The fraction of sp³-hybridized carbons (Fsp3) is 0.292. The van der Waals surface area contributed by atoms with Crippen molar-refractivity contribution in [2.45, 2.75) is 32.3 Å². The molecule has 0 bridgehead atoms. The molecule has 0 aliphatic carbocycles. The third-order valence-electron chi connectivity index (χ3n) is 5.12. The van der Waals surface area contributed by atoms with Gasteiger partial charge in [-0.25, -0.2) is 22.8 Å². The number of anilines is 1. The third kappa shape index (κ3) is 6.06. The van der Waals surface area contributed by atoms with E-state index < -0.39 is 27.7 Å². The van der Waals surface area contributed by atoms with Gasteiger partial charge in [-0.3, -0.25) is 5.32 Å². The highest BCUT2D eigenvalue weighted by Crippen LogP contribution is 2.23. The van der Waals surface area contributed by atoms with Crippen LogP contribution in [0.4, 0.5) is 10.5 Å². The highest BCUT2D eigenvalue weighted by atomic mass is 32.2. The predicted octanol–water partition coefficient (Wildman–Crippen LogP) is 3.75. The molecule has 1 aromatic heterocycles. The van der Waals surface area contributed by atoms with E-state index in [-0.39, 0.29) is 29.3 Å². The van der Waals surface area contributed by atoms with Gasteiger partial charge in [-0.05, 0) is 37.3 Å². The number of ether oxygens (including phenoxy) is 2. The maximum absolute atomic E-state index is 12.8. The van der Waals surface area contributed by atoms with Crippen LogP contribution in [0.5, 0.6) is 0 Å². The van der Waals surface area contributed by atoms with Gasteiger partial charge in [0.15, 0.2) is 0 Å². The van der Waals surface area contributed by atoms with Crippen LogP contribution in [0.1, 0.15) is 36.7 Å². The summed E-state index contributed by atoms with van der Waals surface area (Å²) in [5.41, 5.74) is 0.333. The summed E-state index contributed by atoms with van der Waals surface area (Å²) >= 11 is 0. The first kappa shape index (κ1) is 25.9. The molecule has 35 heavy (non-hydrogen) atoms. The van der Waals surface area contributed by atoms with Crippen LogP contribution in [0.2, 0.25) is 0 Å². The maximum atomic E-state index is 12.8. The minimum atomic E-state index is -3.74. The maximum Gasteiger partial charge on any atom is 0.411 e. The Labute approximate surface area is 202 Å². The summed E-state index contributed by atoms with van der Waals surface area (Å²) in [5.74, 6) is -0.747. The SMILES string of the molecule is CCOC(=O)Nc1ccc2c(COC(=O)c3cccc(S(=O)(=O)N(CC)CC)c3)cc(=O)oc2c1. The number of sulfonamides is 1. The first-order valence-corrected chi connectivity index (χ1v) is 12.4. The Morgan fingerprint density at radius 3 is 2.43 bits per heavy atom. The Bertz CT molecular complexity index is 1390. The van der Waals surface area contributed by atoms with E-state index in [1.165, 1.54) is 40.7 Å². The summed E-state index contributed by atoms with van der Waals surface area (Å²) in [4.78, 5) is 36.3. The summed E-state index contributed by atoms with van der Waals surface area (Å²) in [5, 5.41) is 3.02. The Morgan fingerprint density at radius 1 is 1.00 bits per heavy atom. The van der Waals surface area contributed by atoms with Crippen LogP contribution in [-0.2, 0) is 26.1 Å². The van der Waals surface area contributed by atoms with Gasteiger partial charge < -0.3 is 13.9 Å². The molecule has 0 atom stereocenters. The average Bonchev–Trinajstić information content (AvgIpc) is 2.82. The number of hydrogen-bond donors (Lipinski definition) is 1. The normalized spacial score (nSPS) is 11.4. The van der Waals surface area contributed by atoms with Crippen LogP contribution in [0.15, 0.2) is 62.6 Å². The lowest BCUT2D eigenvalue weighted by atomic mass is 10.1. The fourth-order valence-electron chi connectivity index (χ4n) is 3.43. The minimum absolute atomic E-state index is 0.0110. The number of nitrogens with one attached hydrogen (secondary N) is 1. The summed E-state index contributed by atoms with van der Waals surface area (Å²) in [6.07, 6.45) is -0.649. The van der Waals surface area contributed by atoms with Crippen molar-refractivity contribution in [3.05, 3.63) is 70.1 Å². The molecule has 0 fully saturated rings. The lowest BCUT2D eigenvalue weighted by molar-refractivity contribution is 0.0473. The zero-order chi connectivity index (χ0) is 25.6. The third-order valence-corrected chi connectivity index (χ3v) is 7.17. The van der Waals surface area contributed by atoms with Crippen LogP contribution in [0.25, 0.3) is 11.0 Å². The van der Waals surface area contributed by atoms with E-state index >= 15 is 0 Å². The topological polar surface area (TPSA) is 132 Å². The number of carbonyl (C=O) groups excluding carboxylic acids is 2. The second kappa shape index (κ2) is 11.2. The van der Waals surface area contributed by atoms with Crippen LogP contribution >= 0.6 is 0 Å². The lowest BCUT2D eigenvalue weighted by Gasteiger charge is -2.18. The van der Waals surface area contributed by atoms with E-state index in [4.69, 9.17) is 13.9 Å². The average molecular weight is 503 g/mol. The Kier molecular flexibility index (Phi) is 8.26. The molecule has 2 aromatic carbocycles. The first-order chi connectivity index (χ1) is 16.7. The standard InChI is InChI=1S/C24H26N2O8S/c1-4-26(5-2)35(30,31)19-9-7-8-16(12-19)23(28)33-15-17-13-22(27)34-21-14-18(10-11-20(17)21)25-24(29)32-6-3/h7-14H,4-6,15H2,1-3H3,(H,25,29). The van der Waals surface area contributed by atoms with Crippen molar-refractivity contribution in [3.8, 4) is 0 Å². The number of hydrogen-bond acceptors (Lipinski definition) is 8. The predicted molar refractivity (Wildman–Crippen MR) is 129 cm³/mol. The number of fused-ring (bicyclic) bond motifs is 1. The minimum Gasteiger partial charge on any atom is -0.457 e. The second-order valence-corrected chi connectivity index (χ2v) is 9.28. The number of nitrogens with zero attached hydrogens (tertiary/aromatic N) is 1. The molecule has 0 saturated carbocycles. The van der Waals surface area contributed by atoms with Gasteiger partial charge in [0.1, 0.15) is 12.2 Å². The highest BCUT2D eigenvalue weighted by Gasteiger charge is 2.23. The molecule has 1 amide bonds. The number of benzene rings is 2. The van der Waals surface area contributed by atoms with Gasteiger partial charge in [0.2, 0.25) is 10.0 Å². The van der Waals surface area contributed by atoms with E-state index in [0.717, 1.165) is 0 Å². The molecular weight excluding hydrogens is 476 g/mol. The van der Waals surface area contributed by atoms with Gasteiger partial charge in [0, 0.05) is 41.9 Å². The molecule has 0 spiro atoms. The van der Waals surface area contributed by atoms with Crippen LogP contribution in [0, 0.1) is 0 Å². The molecule has 0 aliphatic heterocycles. The molecule has 0 radical (unpaired) electrons. The van der Waals surface area contributed by atoms with E-state index in [9.17, 15) is 22.8 Å². The molecule has 11 heteroatoms. The highest BCUT2D eigenvalue weighted by molar-refractivity contribution is 7.89. The quantitative estimate of drug-likeness (QED) is 0.346. The summed E-state index contributed by atoms with van der Waals surface area (Å²) < 4.78 is 42.2. The van der Waals surface area contributed by atoms with Gasteiger partial charge in [-0.2, -0.15) is 4.31 Å². The molecule has 0 aliphatic rings. The lowest BCUT2D eigenvalue weighted by Crippen LogP contribution is -2.30. The number of carbonyl (C=O) groups is 2. The first-order valence-electron chi connectivity index (χ1n) is 11.0. The largest absolute Gasteiger partial charge is 0.457 e. The van der Waals surface area contributed by atoms with Crippen molar-refractivity contribution in [2.24, 2.45) is 0 Å². The fourth-order valence-corrected chi connectivity index (χ4v) is 4.94. The zero-order valence-electron chi connectivity index (χ0n) is 19.6. The summed E-state index contributed by atoms with van der Waals surface area (Å²) in [6.45, 7) is 5.69. The summed E-state index contributed by atoms with van der Waals surface area (Å²) in [7, 11) is -3.74. The molecule has 3 aromatic rings. The molecule has 1 heterocycles. The smallest absolute Gasteiger partial charge is 0.411 e. The Hall–Kier alpha value is -3.70. The number of esters is 1. The monoisotopic (exact) mass is 502 g/mol. The van der Waals surface area contributed by atoms with Crippen molar-refractivity contribution in [2.75, 3.05) is 25.0 Å². The Morgan fingerprint density at radius 2 is 1.74 bits per heavy atom. The molecule has 3 rings (SSSR count). The number of rotatable bonds is 9. The van der Waals surface area contributed by atoms with Gasteiger partial charge >= 0.3 is 17.7 Å². The van der Waals surface area contributed by atoms with E-state index in [0.29, 0.717) is 29.7 Å². The van der Waals surface area contributed by atoms with Gasteiger partial charge in [-0.15, -0.1) is 0 Å². The molecule has 0 saturated heterocycles. The van der Waals surface area contributed by atoms with Gasteiger partial charge in [-0.1, -0.05) is 19.9 Å². The van der Waals surface area contributed by atoms with Crippen molar-refractivity contribution < 1.29 is 31.9 Å². The summed E-state index contributed by atoms with van der Waals surface area (Å²) in [6, 6.07) is 11.5. The molecule has 186 valence electrons. The number of amides is 1. The van der Waals surface area contributed by atoms with Gasteiger partial charge in [0.05, 0.1) is 17.1 Å². The van der Waals surface area contributed by atoms with Crippen molar-refractivity contribution in [3.63, 3.8) is 0 Å². The Balaban J connectivity index is 1.81. The van der Waals surface area contributed by atoms with Crippen LogP contribution < -0.4 is 10.9 Å². The van der Waals surface area contributed by atoms with E-state index in [1.54, 1.807) is 32.9 Å². The molecule has 10 nitrogen and oxygen atoms in total. The molecule has 0 unspecified atom stereocenters. The second-order valence-electron chi connectivity index (χ2n) is 7.34. The van der Waals surface area contributed by atoms with Crippen molar-refractivity contribution in [1.29, 1.82) is 0 Å². The van der Waals surface area contributed by atoms with E-state index in [1.807, 2.05) is 0 Å². The zero-order valence-corrected chi connectivity index (χ0v) is 20.4. The molecular formula is C24H26N2O8S.